The minimum atomic E-state index is -2.24. The monoisotopic (exact) mass is 380 g/mol. The molecule has 2 spiro atoms. The number of Topliss-reactive ketones (excluding diaryl/α,β-unsaturated/α-hetero) is 1. The molecule has 7 heteroatoms. The van der Waals surface area contributed by atoms with E-state index in [1.807, 2.05) is 13.8 Å². The Hall–Kier alpha value is -0.830. The van der Waals surface area contributed by atoms with Crippen LogP contribution in [0.3, 0.4) is 0 Å². The van der Waals surface area contributed by atoms with Gasteiger partial charge in [0, 0.05) is 17.3 Å². The molecule has 150 valence electrons. The van der Waals surface area contributed by atoms with Gasteiger partial charge in [0.15, 0.2) is 5.78 Å². The average molecular weight is 380 g/mol. The molecule has 0 unspecified atom stereocenters. The Morgan fingerprint density at radius 1 is 1.07 bits per heavy atom. The third-order valence-electron chi connectivity index (χ3n) is 8.85. The normalized spacial score (nSPS) is 60.9. The Balaban J connectivity index is 1.82. The van der Waals surface area contributed by atoms with Crippen LogP contribution in [0.25, 0.3) is 0 Å². The van der Waals surface area contributed by atoms with E-state index in [2.05, 4.69) is 6.58 Å². The first-order valence-electron chi connectivity index (χ1n) is 9.80. The highest BCUT2D eigenvalue weighted by atomic mass is 16.6. The number of hydrogen-bond donors (Lipinski definition) is 5. The number of fused-ring (bicyclic) bond motifs is 2. The van der Waals surface area contributed by atoms with Crippen molar-refractivity contribution in [1.82, 2.24) is 0 Å². The summed E-state index contributed by atoms with van der Waals surface area (Å²) in [5.41, 5.74) is -3.23. The third kappa shape index (κ3) is 1.56. The maximum atomic E-state index is 13.4. The van der Waals surface area contributed by atoms with Crippen molar-refractivity contribution in [3.05, 3.63) is 12.2 Å². The number of aliphatic hydroxyl groups excluding tert-OH is 4. The quantitative estimate of drug-likeness (QED) is 0.353. The predicted octanol–water partition coefficient (Wildman–Crippen LogP) is -0.654. The van der Waals surface area contributed by atoms with E-state index >= 15 is 0 Å². The summed E-state index contributed by atoms with van der Waals surface area (Å²) in [4.78, 5) is 13.4. The van der Waals surface area contributed by atoms with Gasteiger partial charge in [-0.25, -0.2) is 0 Å². The second-order valence-electron chi connectivity index (χ2n) is 10.1. The zero-order chi connectivity index (χ0) is 19.7. The van der Waals surface area contributed by atoms with Crippen LogP contribution in [0, 0.1) is 34.0 Å². The Bertz CT molecular complexity index is 749. The van der Waals surface area contributed by atoms with Gasteiger partial charge in [0.2, 0.25) is 5.79 Å². The van der Waals surface area contributed by atoms with Crippen LogP contribution in [0.4, 0.5) is 0 Å². The van der Waals surface area contributed by atoms with E-state index in [0.29, 0.717) is 12.8 Å². The second kappa shape index (κ2) is 4.83. The SMILES string of the molecule is C=C1C(=O)[C@]23[C@H](O)[C@H]1CC[C@H]2[C@@]12CO[C@@]3(O)[C@@H](O)[C@@H]1C(C)(C)C[C@H](O)[C@H]2O. The Labute approximate surface area is 157 Å². The number of aliphatic hydroxyl groups is 5. The van der Waals surface area contributed by atoms with Gasteiger partial charge in [-0.1, -0.05) is 20.4 Å². The fraction of sp³-hybridized carbons (Fsp3) is 0.850. The van der Waals surface area contributed by atoms with Gasteiger partial charge in [0.25, 0.3) is 0 Å². The highest BCUT2D eigenvalue weighted by Gasteiger charge is 2.87. The van der Waals surface area contributed by atoms with Crippen molar-refractivity contribution in [2.24, 2.45) is 34.0 Å². The first-order chi connectivity index (χ1) is 12.5. The Kier molecular flexibility index (Phi) is 3.26. The van der Waals surface area contributed by atoms with Gasteiger partial charge in [-0.2, -0.15) is 0 Å². The molecule has 0 amide bonds. The highest BCUT2D eigenvalue weighted by molar-refractivity contribution is 6.05. The maximum absolute atomic E-state index is 13.4. The molecular weight excluding hydrogens is 352 g/mol. The average Bonchev–Trinajstić information content (AvgIpc) is 2.70. The van der Waals surface area contributed by atoms with E-state index in [0.717, 1.165) is 0 Å². The predicted molar refractivity (Wildman–Crippen MR) is 92.0 cm³/mol. The molecule has 6 aliphatic rings. The summed E-state index contributed by atoms with van der Waals surface area (Å²) in [5, 5.41) is 55.8. The highest BCUT2D eigenvalue weighted by Crippen LogP contribution is 2.76. The first-order valence-corrected chi connectivity index (χ1v) is 9.80. The molecule has 6 fully saturated rings. The van der Waals surface area contributed by atoms with Crippen LogP contribution in [-0.4, -0.2) is 68.1 Å². The minimum Gasteiger partial charge on any atom is -0.391 e. The maximum Gasteiger partial charge on any atom is 0.208 e. The lowest BCUT2D eigenvalue weighted by Crippen LogP contribution is -2.86. The van der Waals surface area contributed by atoms with E-state index in [1.54, 1.807) is 0 Å². The van der Waals surface area contributed by atoms with Crippen molar-refractivity contribution in [2.75, 3.05) is 6.61 Å². The van der Waals surface area contributed by atoms with Crippen LogP contribution in [0.15, 0.2) is 12.2 Å². The molecular formula is C20H28O7. The lowest BCUT2D eigenvalue weighted by Gasteiger charge is -2.75. The molecule has 27 heavy (non-hydrogen) atoms. The fourth-order valence-corrected chi connectivity index (χ4v) is 8.04. The lowest BCUT2D eigenvalue weighted by atomic mass is 9.35. The van der Waals surface area contributed by atoms with Crippen molar-refractivity contribution in [2.45, 2.75) is 63.3 Å². The molecule has 2 aliphatic heterocycles. The molecule has 4 saturated carbocycles. The molecule has 4 aliphatic carbocycles. The first kappa shape index (κ1) is 18.2. The number of ketones is 1. The summed E-state index contributed by atoms with van der Waals surface area (Å²) < 4.78 is 5.74. The zero-order valence-corrected chi connectivity index (χ0v) is 15.6. The van der Waals surface area contributed by atoms with Gasteiger partial charge in [0.05, 0.1) is 24.9 Å². The van der Waals surface area contributed by atoms with Crippen molar-refractivity contribution < 1.29 is 35.1 Å². The number of ether oxygens (including phenoxy) is 1. The summed E-state index contributed by atoms with van der Waals surface area (Å²) in [6.07, 6.45) is -3.70. The van der Waals surface area contributed by atoms with Crippen LogP contribution in [0.2, 0.25) is 0 Å². The molecule has 0 aromatic heterocycles. The Morgan fingerprint density at radius 2 is 1.74 bits per heavy atom. The molecule has 0 aromatic rings. The van der Waals surface area contributed by atoms with Gasteiger partial charge in [-0.05, 0) is 36.2 Å². The summed E-state index contributed by atoms with van der Waals surface area (Å²) in [6, 6.07) is 0. The van der Waals surface area contributed by atoms with E-state index < -0.39 is 70.0 Å². The number of rotatable bonds is 0. The van der Waals surface area contributed by atoms with Gasteiger partial charge in [0.1, 0.15) is 11.5 Å². The minimum absolute atomic E-state index is 0.0730. The van der Waals surface area contributed by atoms with Gasteiger partial charge in [-0.15, -0.1) is 0 Å². The van der Waals surface area contributed by atoms with Gasteiger partial charge < -0.3 is 30.3 Å². The fourth-order valence-electron chi connectivity index (χ4n) is 8.04. The van der Waals surface area contributed by atoms with Crippen molar-refractivity contribution in [1.29, 1.82) is 0 Å². The van der Waals surface area contributed by atoms with Crippen molar-refractivity contribution in [3.8, 4) is 0 Å². The van der Waals surface area contributed by atoms with Crippen LogP contribution < -0.4 is 0 Å². The number of hydrogen-bond acceptors (Lipinski definition) is 7. The lowest BCUT2D eigenvalue weighted by molar-refractivity contribution is -0.462. The standard InChI is InChI=1S/C20H28O7/c1-8-9-4-5-11-18-7-27-20(26,19(11,13(8)22)14(9)23)16(25)12(18)17(2,3)6-10(21)15(18)24/h9-12,14-16,21,23-26H,1,4-7H2,2-3H3/t9-,10-,11-,12+,14+,15+,16-,18-,19-,20-/m0/s1. The van der Waals surface area contributed by atoms with Gasteiger partial charge in [-0.3, -0.25) is 4.79 Å². The van der Waals surface area contributed by atoms with E-state index in [1.165, 1.54) is 0 Å². The summed E-state index contributed by atoms with van der Waals surface area (Å²) in [6.45, 7) is 7.56. The molecule has 10 atom stereocenters. The largest absolute Gasteiger partial charge is 0.391 e. The molecule has 6 rings (SSSR count). The van der Waals surface area contributed by atoms with Gasteiger partial charge >= 0.3 is 0 Å². The topological polar surface area (TPSA) is 127 Å². The second-order valence-corrected chi connectivity index (χ2v) is 10.1. The van der Waals surface area contributed by atoms with E-state index in [9.17, 15) is 30.3 Å². The van der Waals surface area contributed by atoms with Crippen LogP contribution in [0.1, 0.15) is 33.1 Å². The summed E-state index contributed by atoms with van der Waals surface area (Å²) in [7, 11) is 0. The van der Waals surface area contributed by atoms with Crippen LogP contribution in [0.5, 0.6) is 0 Å². The van der Waals surface area contributed by atoms with Crippen LogP contribution >= 0.6 is 0 Å². The van der Waals surface area contributed by atoms with Crippen LogP contribution in [-0.2, 0) is 9.53 Å². The molecule has 2 heterocycles. The molecule has 4 bridgehead atoms. The Morgan fingerprint density at radius 3 is 2.41 bits per heavy atom. The summed E-state index contributed by atoms with van der Waals surface area (Å²) in [5.74, 6) is -4.39. The molecule has 7 nitrogen and oxygen atoms in total. The molecule has 0 aromatic carbocycles. The zero-order valence-electron chi connectivity index (χ0n) is 15.6. The summed E-state index contributed by atoms with van der Waals surface area (Å²) >= 11 is 0. The molecule has 2 saturated heterocycles. The number of carbonyl (C=O) groups is 1. The van der Waals surface area contributed by atoms with E-state index in [-0.39, 0.29) is 18.6 Å². The number of carbonyl (C=O) groups excluding carboxylic acids is 1. The molecule has 5 N–H and O–H groups in total. The van der Waals surface area contributed by atoms with E-state index in [4.69, 9.17) is 4.74 Å². The van der Waals surface area contributed by atoms with Crippen molar-refractivity contribution >= 4 is 5.78 Å². The smallest absolute Gasteiger partial charge is 0.208 e. The van der Waals surface area contributed by atoms with Crippen molar-refractivity contribution in [3.63, 3.8) is 0 Å². The third-order valence-corrected chi connectivity index (χ3v) is 8.85. The molecule has 0 radical (unpaired) electrons.